The second-order valence-electron chi connectivity index (χ2n) is 5.61. The highest BCUT2D eigenvalue weighted by Crippen LogP contribution is 2.25. The number of rotatable bonds is 2. The Morgan fingerprint density at radius 3 is 3.05 bits per heavy atom. The third kappa shape index (κ3) is 2.82. The smallest absolute Gasteiger partial charge is 0.273 e. The van der Waals surface area contributed by atoms with Crippen molar-refractivity contribution in [3.8, 4) is 0 Å². The molecule has 0 bridgehead atoms. The van der Waals surface area contributed by atoms with Gasteiger partial charge in [0.1, 0.15) is 5.69 Å². The normalized spacial score (nSPS) is 27.7. The number of amides is 1. The lowest BCUT2D eigenvalue weighted by Crippen LogP contribution is -2.46. The molecule has 2 fully saturated rings. The number of hydrogen-bond donors (Lipinski definition) is 1. The maximum absolute atomic E-state index is 12.4. The first-order valence-electron chi connectivity index (χ1n) is 7.19. The standard InChI is InChI=1S/C14H21N3OS/c1-10-16-13(9-19-10)14(18)17-7-3-4-11(8-17)12-5-2-6-15-12/h9,11-12,15H,2-8H2,1H3. The van der Waals surface area contributed by atoms with E-state index >= 15 is 0 Å². The van der Waals surface area contributed by atoms with Gasteiger partial charge in [-0.3, -0.25) is 4.79 Å². The van der Waals surface area contributed by atoms with Crippen molar-refractivity contribution in [2.75, 3.05) is 19.6 Å². The summed E-state index contributed by atoms with van der Waals surface area (Å²) in [6.07, 6.45) is 4.91. The van der Waals surface area contributed by atoms with Crippen LogP contribution in [0, 0.1) is 12.8 Å². The lowest BCUT2D eigenvalue weighted by Gasteiger charge is -2.35. The Balaban J connectivity index is 1.65. The second kappa shape index (κ2) is 5.59. The highest BCUT2D eigenvalue weighted by molar-refractivity contribution is 7.09. The Morgan fingerprint density at radius 1 is 1.47 bits per heavy atom. The first-order valence-corrected chi connectivity index (χ1v) is 8.07. The Labute approximate surface area is 118 Å². The van der Waals surface area contributed by atoms with E-state index in [9.17, 15) is 4.79 Å². The summed E-state index contributed by atoms with van der Waals surface area (Å²) in [6.45, 7) is 4.87. The number of aryl methyl sites for hydroxylation is 1. The van der Waals surface area contributed by atoms with Crippen molar-refractivity contribution in [1.29, 1.82) is 0 Å². The van der Waals surface area contributed by atoms with Crippen molar-refractivity contribution in [3.05, 3.63) is 16.1 Å². The monoisotopic (exact) mass is 279 g/mol. The molecule has 0 radical (unpaired) electrons. The molecule has 0 saturated carbocycles. The molecule has 3 rings (SSSR count). The fourth-order valence-electron chi connectivity index (χ4n) is 3.26. The van der Waals surface area contributed by atoms with Crippen LogP contribution in [0.25, 0.3) is 0 Å². The van der Waals surface area contributed by atoms with Crippen LogP contribution < -0.4 is 5.32 Å². The van der Waals surface area contributed by atoms with Crippen LogP contribution in [-0.4, -0.2) is 41.5 Å². The van der Waals surface area contributed by atoms with Crippen molar-refractivity contribution >= 4 is 17.2 Å². The molecule has 3 heterocycles. The molecule has 1 N–H and O–H groups in total. The maximum atomic E-state index is 12.4. The van der Waals surface area contributed by atoms with Crippen LogP contribution >= 0.6 is 11.3 Å². The van der Waals surface area contributed by atoms with Crippen molar-refractivity contribution in [1.82, 2.24) is 15.2 Å². The average Bonchev–Trinajstić information content (AvgIpc) is 3.09. The Bertz CT molecular complexity index is 453. The quantitative estimate of drug-likeness (QED) is 0.901. The Morgan fingerprint density at radius 2 is 2.37 bits per heavy atom. The molecule has 2 atom stereocenters. The van der Waals surface area contributed by atoms with Gasteiger partial charge in [0, 0.05) is 24.5 Å². The van der Waals surface area contributed by atoms with Crippen LogP contribution in [0.4, 0.5) is 0 Å². The number of likely N-dealkylation sites (tertiary alicyclic amines) is 1. The summed E-state index contributed by atoms with van der Waals surface area (Å²) in [5.74, 6) is 0.743. The summed E-state index contributed by atoms with van der Waals surface area (Å²) >= 11 is 1.55. The SMILES string of the molecule is Cc1nc(C(=O)N2CCCC(C3CCCN3)C2)cs1. The van der Waals surface area contributed by atoms with Crippen LogP contribution in [0.15, 0.2) is 5.38 Å². The van der Waals surface area contributed by atoms with E-state index in [1.54, 1.807) is 11.3 Å². The van der Waals surface area contributed by atoms with E-state index in [2.05, 4.69) is 10.3 Å². The first kappa shape index (κ1) is 13.1. The van der Waals surface area contributed by atoms with Gasteiger partial charge in [0.15, 0.2) is 0 Å². The molecule has 2 unspecified atom stereocenters. The molecule has 5 heteroatoms. The highest BCUT2D eigenvalue weighted by Gasteiger charge is 2.31. The molecule has 19 heavy (non-hydrogen) atoms. The predicted molar refractivity (Wildman–Crippen MR) is 76.5 cm³/mol. The van der Waals surface area contributed by atoms with Gasteiger partial charge < -0.3 is 10.2 Å². The van der Waals surface area contributed by atoms with Crippen LogP contribution in [0.3, 0.4) is 0 Å². The largest absolute Gasteiger partial charge is 0.337 e. The van der Waals surface area contributed by atoms with Crippen LogP contribution in [-0.2, 0) is 0 Å². The van der Waals surface area contributed by atoms with Crippen LogP contribution in [0.1, 0.15) is 41.2 Å². The van der Waals surface area contributed by atoms with Gasteiger partial charge >= 0.3 is 0 Å². The topological polar surface area (TPSA) is 45.2 Å². The van der Waals surface area contributed by atoms with E-state index < -0.39 is 0 Å². The molecule has 0 spiro atoms. The molecule has 1 aromatic rings. The average molecular weight is 279 g/mol. The van der Waals surface area contributed by atoms with E-state index in [4.69, 9.17) is 0 Å². The maximum Gasteiger partial charge on any atom is 0.273 e. The molecule has 1 aromatic heterocycles. The predicted octanol–water partition coefficient (Wildman–Crippen LogP) is 2.06. The minimum absolute atomic E-state index is 0.118. The van der Waals surface area contributed by atoms with Crippen LogP contribution in [0.2, 0.25) is 0 Å². The number of carbonyl (C=O) groups is 1. The van der Waals surface area contributed by atoms with E-state index in [-0.39, 0.29) is 5.91 Å². The summed E-state index contributed by atoms with van der Waals surface area (Å²) in [7, 11) is 0. The third-order valence-electron chi connectivity index (χ3n) is 4.25. The summed E-state index contributed by atoms with van der Waals surface area (Å²) < 4.78 is 0. The minimum atomic E-state index is 0.118. The van der Waals surface area contributed by atoms with Crippen molar-refractivity contribution < 1.29 is 4.79 Å². The van der Waals surface area contributed by atoms with Gasteiger partial charge in [-0.05, 0) is 45.1 Å². The summed E-state index contributed by atoms with van der Waals surface area (Å²) in [6, 6.07) is 0.618. The number of nitrogens with one attached hydrogen (secondary N) is 1. The van der Waals surface area contributed by atoms with Gasteiger partial charge in [0.25, 0.3) is 5.91 Å². The number of nitrogens with zero attached hydrogens (tertiary/aromatic N) is 2. The zero-order chi connectivity index (χ0) is 13.2. The molecule has 4 nitrogen and oxygen atoms in total. The van der Waals surface area contributed by atoms with Gasteiger partial charge in [-0.15, -0.1) is 11.3 Å². The molecule has 0 aromatic carbocycles. The van der Waals surface area contributed by atoms with Gasteiger partial charge in [-0.1, -0.05) is 0 Å². The minimum Gasteiger partial charge on any atom is -0.337 e. The Hall–Kier alpha value is -0.940. The first-order chi connectivity index (χ1) is 9.24. The van der Waals surface area contributed by atoms with Gasteiger partial charge in [-0.2, -0.15) is 0 Å². The van der Waals surface area contributed by atoms with Crippen molar-refractivity contribution in [3.63, 3.8) is 0 Å². The highest BCUT2D eigenvalue weighted by atomic mass is 32.1. The fourth-order valence-corrected chi connectivity index (χ4v) is 3.85. The molecule has 2 aliphatic heterocycles. The lowest BCUT2D eigenvalue weighted by atomic mass is 9.89. The molecule has 2 aliphatic rings. The van der Waals surface area contributed by atoms with Crippen LogP contribution in [0.5, 0.6) is 0 Å². The number of aromatic nitrogens is 1. The summed E-state index contributed by atoms with van der Waals surface area (Å²) in [5, 5.41) is 6.43. The molecular formula is C14H21N3OS. The van der Waals surface area contributed by atoms with Gasteiger partial charge in [-0.25, -0.2) is 4.98 Å². The van der Waals surface area contributed by atoms with Crippen molar-refractivity contribution in [2.45, 2.75) is 38.6 Å². The summed E-state index contributed by atoms with van der Waals surface area (Å²) in [4.78, 5) is 18.7. The molecule has 104 valence electrons. The fraction of sp³-hybridized carbons (Fsp3) is 0.714. The lowest BCUT2D eigenvalue weighted by molar-refractivity contribution is 0.0646. The summed E-state index contributed by atoms with van der Waals surface area (Å²) in [5.41, 5.74) is 0.627. The van der Waals surface area contributed by atoms with E-state index in [1.165, 1.54) is 19.3 Å². The van der Waals surface area contributed by atoms with Gasteiger partial charge in [0.05, 0.1) is 5.01 Å². The Kier molecular flexibility index (Phi) is 3.84. The number of hydrogen-bond acceptors (Lipinski definition) is 4. The van der Waals surface area contributed by atoms with E-state index in [1.807, 2.05) is 17.2 Å². The number of carbonyl (C=O) groups excluding carboxylic acids is 1. The number of thiazole rings is 1. The van der Waals surface area contributed by atoms with E-state index in [0.29, 0.717) is 17.7 Å². The van der Waals surface area contributed by atoms with Gasteiger partial charge in [0.2, 0.25) is 0 Å². The molecular weight excluding hydrogens is 258 g/mol. The van der Waals surface area contributed by atoms with Crippen molar-refractivity contribution in [2.24, 2.45) is 5.92 Å². The third-order valence-corrected chi connectivity index (χ3v) is 5.02. The zero-order valence-electron chi connectivity index (χ0n) is 11.4. The molecule has 1 amide bonds. The van der Waals surface area contributed by atoms with E-state index in [0.717, 1.165) is 31.1 Å². The molecule has 0 aliphatic carbocycles. The second-order valence-corrected chi connectivity index (χ2v) is 6.67. The number of piperidine rings is 1. The molecule has 2 saturated heterocycles. The zero-order valence-corrected chi connectivity index (χ0v) is 12.2.